The lowest BCUT2D eigenvalue weighted by Crippen LogP contribution is -2.43. The van der Waals surface area contributed by atoms with Crippen LogP contribution in [-0.2, 0) is 11.2 Å². The molecule has 1 aliphatic carbocycles. The first-order valence-electron chi connectivity index (χ1n) is 11.1. The van der Waals surface area contributed by atoms with Gasteiger partial charge >= 0.3 is 0 Å². The number of aryl methyl sites for hydroxylation is 2. The highest BCUT2D eigenvalue weighted by Gasteiger charge is 2.41. The van der Waals surface area contributed by atoms with Gasteiger partial charge in [0.05, 0.1) is 25.8 Å². The molecule has 0 spiro atoms. The van der Waals surface area contributed by atoms with E-state index in [0.717, 1.165) is 46.0 Å². The first kappa shape index (κ1) is 20.6. The number of fused-ring (bicyclic) bond motifs is 2. The topological polar surface area (TPSA) is 71.6 Å². The zero-order chi connectivity index (χ0) is 22.6. The van der Waals surface area contributed by atoms with Crippen molar-refractivity contribution in [1.82, 2.24) is 9.88 Å². The Balaban J connectivity index is 1.76. The second-order valence-electron chi connectivity index (χ2n) is 8.91. The molecule has 0 bridgehead atoms. The number of aromatic amines is 1. The molecule has 3 aromatic rings. The fourth-order valence-corrected chi connectivity index (χ4v) is 4.88. The highest BCUT2D eigenvalue weighted by Crippen LogP contribution is 2.43. The molecule has 1 N–H and O–H groups in total. The van der Waals surface area contributed by atoms with Crippen LogP contribution in [-0.4, -0.2) is 36.6 Å². The number of carbonyl (C=O) groups is 1. The molecule has 1 aromatic heterocycles. The second-order valence-corrected chi connectivity index (χ2v) is 8.91. The molecule has 2 aliphatic rings. The Hall–Kier alpha value is -3.28. The number of hydrogen-bond donors (Lipinski definition) is 1. The van der Waals surface area contributed by atoms with Crippen molar-refractivity contribution in [2.75, 3.05) is 20.8 Å². The van der Waals surface area contributed by atoms with Crippen LogP contribution in [0.3, 0.4) is 0 Å². The van der Waals surface area contributed by atoms with Crippen molar-refractivity contribution in [3.05, 3.63) is 68.5 Å². The van der Waals surface area contributed by atoms with Crippen LogP contribution in [0.4, 0.5) is 0 Å². The van der Waals surface area contributed by atoms with E-state index in [1.165, 1.54) is 0 Å². The monoisotopic (exact) mass is 432 g/mol. The molecule has 1 saturated carbocycles. The molecule has 2 heterocycles. The number of rotatable bonds is 4. The lowest BCUT2D eigenvalue weighted by atomic mass is 9.87. The Kier molecular flexibility index (Phi) is 4.96. The van der Waals surface area contributed by atoms with E-state index in [4.69, 9.17) is 9.47 Å². The van der Waals surface area contributed by atoms with Crippen LogP contribution < -0.4 is 15.0 Å². The number of amides is 1. The average molecular weight is 433 g/mol. The fourth-order valence-electron chi connectivity index (χ4n) is 4.88. The van der Waals surface area contributed by atoms with Crippen LogP contribution in [0.15, 0.2) is 35.1 Å². The lowest BCUT2D eigenvalue weighted by Gasteiger charge is -2.38. The summed E-state index contributed by atoms with van der Waals surface area (Å²) in [5, 5.41) is 1.01. The van der Waals surface area contributed by atoms with Gasteiger partial charge in [-0.05, 0) is 73.6 Å². The number of pyridine rings is 1. The minimum Gasteiger partial charge on any atom is -0.493 e. The third-order valence-electron chi connectivity index (χ3n) is 6.85. The van der Waals surface area contributed by atoms with Gasteiger partial charge in [-0.15, -0.1) is 0 Å². The number of ether oxygens (including phenoxy) is 2. The first-order chi connectivity index (χ1) is 15.4. The van der Waals surface area contributed by atoms with Gasteiger partial charge in [-0.2, -0.15) is 0 Å². The summed E-state index contributed by atoms with van der Waals surface area (Å²) in [6, 6.07) is 9.50. The van der Waals surface area contributed by atoms with Crippen molar-refractivity contribution in [3.8, 4) is 11.5 Å². The number of carbonyl (C=O) groups excluding carboxylic acids is 1. The number of nitrogens with zero attached hydrogens (tertiary/aromatic N) is 1. The number of benzene rings is 2. The van der Waals surface area contributed by atoms with Crippen molar-refractivity contribution in [3.63, 3.8) is 0 Å². The number of methoxy groups -OCH3 is 2. The first-order valence-corrected chi connectivity index (χ1v) is 11.1. The summed E-state index contributed by atoms with van der Waals surface area (Å²) in [7, 11) is 3.22. The molecule has 32 heavy (non-hydrogen) atoms. The summed E-state index contributed by atoms with van der Waals surface area (Å²) in [4.78, 5) is 31.7. The molecule has 6 nitrogen and oxygen atoms in total. The molecule has 6 heteroatoms. The summed E-state index contributed by atoms with van der Waals surface area (Å²) < 4.78 is 11.1. The van der Waals surface area contributed by atoms with Gasteiger partial charge in [-0.25, -0.2) is 0 Å². The molecule has 166 valence electrons. The smallest absolute Gasteiger partial charge is 0.254 e. The van der Waals surface area contributed by atoms with Gasteiger partial charge < -0.3 is 19.4 Å². The average Bonchev–Trinajstić information content (AvgIpc) is 3.65. The van der Waals surface area contributed by atoms with Crippen molar-refractivity contribution < 1.29 is 14.3 Å². The van der Waals surface area contributed by atoms with Gasteiger partial charge in [0.1, 0.15) is 0 Å². The van der Waals surface area contributed by atoms with Gasteiger partial charge in [0.25, 0.3) is 5.56 Å². The molecule has 5 rings (SSSR count). The maximum absolute atomic E-state index is 13.4. The van der Waals surface area contributed by atoms with Gasteiger partial charge in [-0.3, -0.25) is 9.59 Å². The Morgan fingerprint density at radius 2 is 1.69 bits per heavy atom. The van der Waals surface area contributed by atoms with Crippen LogP contribution in [0.1, 0.15) is 46.7 Å². The number of nitrogens with one attached hydrogen (secondary N) is 1. The van der Waals surface area contributed by atoms with E-state index in [-0.39, 0.29) is 17.4 Å². The molecular formula is C26H28N2O4. The van der Waals surface area contributed by atoms with Crippen molar-refractivity contribution in [1.29, 1.82) is 0 Å². The third kappa shape index (κ3) is 3.25. The zero-order valence-electron chi connectivity index (χ0n) is 19.0. The maximum Gasteiger partial charge on any atom is 0.254 e. The SMILES string of the molecule is COc1cc2c(cc1OC)[C@@H](c1cc3c(C)ccc(C)c3[nH]c1=O)N(C(=O)C1CC1)CC2. The maximum atomic E-state index is 13.4. The Labute approximate surface area is 187 Å². The van der Waals surface area contributed by atoms with Crippen molar-refractivity contribution in [2.45, 2.75) is 39.2 Å². The predicted molar refractivity (Wildman–Crippen MR) is 124 cm³/mol. The summed E-state index contributed by atoms with van der Waals surface area (Å²) in [6.07, 6.45) is 2.56. The molecule has 0 unspecified atom stereocenters. The Morgan fingerprint density at radius 3 is 2.38 bits per heavy atom. The molecule has 1 aliphatic heterocycles. The summed E-state index contributed by atoms with van der Waals surface area (Å²) in [5.41, 5.74) is 5.40. The fraction of sp³-hybridized carbons (Fsp3) is 0.385. The van der Waals surface area contributed by atoms with Gasteiger partial charge in [0.15, 0.2) is 11.5 Å². The number of aromatic nitrogens is 1. The van der Waals surface area contributed by atoms with E-state index in [2.05, 4.69) is 11.1 Å². The number of H-pyrrole nitrogens is 1. The lowest BCUT2D eigenvalue weighted by molar-refractivity contribution is -0.134. The Bertz CT molecular complexity index is 1290. The summed E-state index contributed by atoms with van der Waals surface area (Å²) in [6.45, 7) is 4.61. The van der Waals surface area contributed by atoms with Crippen LogP contribution in [0, 0.1) is 19.8 Å². The molecule has 1 amide bonds. The van der Waals surface area contributed by atoms with E-state index in [1.54, 1.807) is 14.2 Å². The predicted octanol–water partition coefficient (Wildman–Crippen LogP) is 4.05. The molecule has 1 atom stereocenters. The van der Waals surface area contributed by atoms with Crippen molar-refractivity contribution in [2.24, 2.45) is 5.92 Å². The standard InChI is InChI=1S/C26H28N2O4/c1-14-5-6-15(2)23-18(14)12-20(25(29)27-23)24-19-13-22(32-4)21(31-3)11-17(19)9-10-28(24)26(30)16-7-8-16/h5-6,11-13,16,24H,7-10H2,1-4H3,(H,27,29)/t24-/m0/s1. The van der Waals surface area contributed by atoms with Crippen LogP contribution in [0.25, 0.3) is 10.9 Å². The van der Waals surface area contributed by atoms with E-state index in [9.17, 15) is 9.59 Å². The summed E-state index contributed by atoms with van der Waals surface area (Å²) in [5.74, 6) is 1.46. The molecule has 2 aromatic carbocycles. The van der Waals surface area contributed by atoms with E-state index in [0.29, 0.717) is 30.0 Å². The molecule has 1 fully saturated rings. The minimum atomic E-state index is -0.459. The minimum absolute atomic E-state index is 0.0720. The zero-order valence-corrected chi connectivity index (χ0v) is 19.0. The van der Waals surface area contributed by atoms with E-state index < -0.39 is 6.04 Å². The summed E-state index contributed by atoms with van der Waals surface area (Å²) >= 11 is 0. The van der Waals surface area contributed by atoms with E-state index >= 15 is 0 Å². The third-order valence-corrected chi connectivity index (χ3v) is 6.85. The highest BCUT2D eigenvalue weighted by molar-refractivity contribution is 5.86. The van der Waals surface area contributed by atoms with Crippen LogP contribution in [0.5, 0.6) is 11.5 Å². The molecule has 0 radical (unpaired) electrons. The van der Waals surface area contributed by atoms with E-state index in [1.807, 2.05) is 43.0 Å². The molecule has 0 saturated heterocycles. The van der Waals surface area contributed by atoms with Crippen molar-refractivity contribution >= 4 is 16.8 Å². The highest BCUT2D eigenvalue weighted by atomic mass is 16.5. The number of hydrogen-bond acceptors (Lipinski definition) is 4. The second kappa shape index (κ2) is 7.69. The molecular weight excluding hydrogens is 404 g/mol. The Morgan fingerprint density at radius 1 is 1.00 bits per heavy atom. The van der Waals surface area contributed by atoms with Crippen LogP contribution in [0.2, 0.25) is 0 Å². The normalized spacial score (nSPS) is 17.9. The van der Waals surface area contributed by atoms with Crippen LogP contribution >= 0.6 is 0 Å². The quantitative estimate of drug-likeness (QED) is 0.675. The van der Waals surface area contributed by atoms with Gasteiger partial charge in [0, 0.05) is 23.4 Å². The largest absolute Gasteiger partial charge is 0.493 e. The van der Waals surface area contributed by atoms with Gasteiger partial charge in [-0.1, -0.05) is 12.1 Å². The van der Waals surface area contributed by atoms with Gasteiger partial charge in [0.2, 0.25) is 5.91 Å².